The molecule has 0 aliphatic heterocycles. The van der Waals surface area contributed by atoms with Gasteiger partial charge in [-0.05, 0) is 48.5 Å². The molecule has 0 aliphatic rings. The summed E-state index contributed by atoms with van der Waals surface area (Å²) in [5.41, 5.74) is 2.14. The summed E-state index contributed by atoms with van der Waals surface area (Å²) in [6.45, 7) is -3.04. The van der Waals surface area contributed by atoms with Crippen molar-refractivity contribution < 1.29 is 26.9 Å². The molecule has 0 amide bonds. The number of sulfonamides is 1. The molecule has 2 N–H and O–H groups in total. The Kier molecular flexibility index (Phi) is 7.41. The molecule has 0 unspecified atom stereocenters. The van der Waals surface area contributed by atoms with Crippen LogP contribution in [0.2, 0.25) is 5.02 Å². The summed E-state index contributed by atoms with van der Waals surface area (Å²) in [6, 6.07) is 14.8. The third-order valence-electron chi connectivity index (χ3n) is 4.10. The molecule has 0 saturated carbocycles. The molecular formula is C20H15ClF2N4O5S. The Morgan fingerprint density at radius 2 is 1.79 bits per heavy atom. The molecule has 3 rings (SSSR count). The fourth-order valence-electron chi connectivity index (χ4n) is 2.62. The lowest BCUT2D eigenvalue weighted by atomic mass is 10.2. The minimum Gasteiger partial charge on any atom is -0.434 e. The van der Waals surface area contributed by atoms with Gasteiger partial charge in [0.05, 0.1) is 16.0 Å². The second-order valence-corrected chi connectivity index (χ2v) is 8.45. The second-order valence-electron chi connectivity index (χ2n) is 6.33. The summed E-state index contributed by atoms with van der Waals surface area (Å²) in [7, 11) is -4.13. The number of hydrogen-bond donors (Lipinski definition) is 2. The fraction of sp³-hybridized carbons (Fsp3) is 0.0500. The van der Waals surface area contributed by atoms with Gasteiger partial charge in [0.2, 0.25) is 0 Å². The van der Waals surface area contributed by atoms with Crippen molar-refractivity contribution in [3.05, 3.63) is 87.4 Å². The van der Waals surface area contributed by atoms with Crippen molar-refractivity contribution in [3.63, 3.8) is 0 Å². The smallest absolute Gasteiger partial charge is 0.387 e. The highest BCUT2D eigenvalue weighted by atomic mass is 35.5. The van der Waals surface area contributed by atoms with Crippen LogP contribution in [0, 0.1) is 10.1 Å². The topological polar surface area (TPSA) is 123 Å². The molecule has 0 aliphatic carbocycles. The second kappa shape index (κ2) is 10.2. The van der Waals surface area contributed by atoms with Crippen LogP contribution in [0.5, 0.6) is 5.75 Å². The Balaban J connectivity index is 1.83. The Hall–Kier alpha value is -3.77. The van der Waals surface area contributed by atoms with Crippen LogP contribution >= 0.6 is 11.6 Å². The maximum atomic E-state index is 12.6. The van der Waals surface area contributed by atoms with E-state index in [1.807, 2.05) is 0 Å². The number of ether oxygens (including phenoxy) is 1. The van der Waals surface area contributed by atoms with E-state index in [2.05, 4.69) is 20.0 Å². The first-order chi connectivity index (χ1) is 15.7. The molecule has 0 atom stereocenters. The minimum absolute atomic E-state index is 0.117. The number of halogens is 3. The van der Waals surface area contributed by atoms with Crippen molar-refractivity contribution in [1.82, 2.24) is 0 Å². The normalized spacial score (nSPS) is 11.5. The molecule has 0 radical (unpaired) electrons. The third kappa shape index (κ3) is 6.37. The molecular weight excluding hydrogens is 482 g/mol. The van der Waals surface area contributed by atoms with E-state index in [-0.39, 0.29) is 27.6 Å². The monoisotopic (exact) mass is 496 g/mol. The van der Waals surface area contributed by atoms with E-state index in [4.69, 9.17) is 11.6 Å². The maximum Gasteiger partial charge on any atom is 0.387 e. The molecule has 33 heavy (non-hydrogen) atoms. The van der Waals surface area contributed by atoms with Gasteiger partial charge in [-0.2, -0.15) is 13.9 Å². The molecule has 13 heteroatoms. The predicted octanol–water partition coefficient (Wildman–Crippen LogP) is 5.10. The SMILES string of the molecule is O=[N+]([O-])c1cc(S(=O)(=O)Nc2ccc(Cl)cc2)ccc1NN=Cc1ccccc1OC(F)F. The molecule has 3 aromatic rings. The number of alkyl halides is 2. The molecule has 3 aromatic carbocycles. The van der Waals surface area contributed by atoms with E-state index in [0.717, 1.165) is 24.4 Å². The summed E-state index contributed by atoms with van der Waals surface area (Å²) < 4.78 is 56.9. The predicted molar refractivity (Wildman–Crippen MR) is 120 cm³/mol. The average molecular weight is 497 g/mol. The van der Waals surface area contributed by atoms with Crippen LogP contribution in [0.1, 0.15) is 5.56 Å². The first-order valence-electron chi connectivity index (χ1n) is 9.05. The van der Waals surface area contributed by atoms with Crippen LogP contribution < -0.4 is 14.9 Å². The average Bonchev–Trinajstić information content (AvgIpc) is 2.76. The Morgan fingerprint density at radius 1 is 1.09 bits per heavy atom. The van der Waals surface area contributed by atoms with Crippen molar-refractivity contribution in [2.24, 2.45) is 5.10 Å². The van der Waals surface area contributed by atoms with E-state index in [0.29, 0.717) is 5.02 Å². The highest BCUT2D eigenvalue weighted by molar-refractivity contribution is 7.92. The highest BCUT2D eigenvalue weighted by Gasteiger charge is 2.21. The van der Waals surface area contributed by atoms with Gasteiger partial charge in [0.1, 0.15) is 11.4 Å². The van der Waals surface area contributed by atoms with E-state index < -0.39 is 27.2 Å². The number of hydrazone groups is 1. The number of anilines is 2. The highest BCUT2D eigenvalue weighted by Crippen LogP contribution is 2.29. The number of nitro groups is 1. The zero-order valence-electron chi connectivity index (χ0n) is 16.5. The van der Waals surface area contributed by atoms with Gasteiger partial charge in [-0.1, -0.05) is 23.7 Å². The van der Waals surface area contributed by atoms with Gasteiger partial charge < -0.3 is 4.74 Å². The van der Waals surface area contributed by atoms with Crippen molar-refractivity contribution in [3.8, 4) is 5.75 Å². The number of rotatable bonds is 9. The van der Waals surface area contributed by atoms with Gasteiger partial charge in [0, 0.05) is 22.3 Å². The number of nitrogens with zero attached hydrogens (tertiary/aromatic N) is 2. The van der Waals surface area contributed by atoms with Crippen LogP contribution in [-0.4, -0.2) is 26.2 Å². The van der Waals surface area contributed by atoms with Crippen LogP contribution in [-0.2, 0) is 10.0 Å². The standard InChI is InChI=1S/C20H15ClF2N4O5S/c21-14-5-7-15(8-6-14)26-33(30,31)16-9-10-17(18(11-16)27(28)29)25-24-12-13-3-1-2-4-19(13)32-20(22)23/h1-12,20,25-26H. The van der Waals surface area contributed by atoms with Crippen LogP contribution in [0.15, 0.2) is 76.7 Å². The van der Waals surface area contributed by atoms with E-state index in [1.165, 1.54) is 42.5 Å². The quantitative estimate of drug-likeness (QED) is 0.241. The summed E-state index contributed by atoms with van der Waals surface area (Å²) in [4.78, 5) is 10.3. The summed E-state index contributed by atoms with van der Waals surface area (Å²) in [5.74, 6) is -0.137. The van der Waals surface area contributed by atoms with Gasteiger partial charge in [0.25, 0.3) is 15.7 Å². The Bertz CT molecular complexity index is 1290. The molecule has 0 spiro atoms. The molecule has 0 saturated heterocycles. The van der Waals surface area contributed by atoms with Gasteiger partial charge in [0.15, 0.2) is 0 Å². The molecule has 9 nitrogen and oxygen atoms in total. The molecule has 0 bridgehead atoms. The van der Waals surface area contributed by atoms with Crippen molar-refractivity contribution in [2.45, 2.75) is 11.5 Å². The molecule has 0 heterocycles. The number of nitro benzene ring substituents is 1. The van der Waals surface area contributed by atoms with Crippen LogP contribution in [0.3, 0.4) is 0 Å². The summed E-state index contributed by atoms with van der Waals surface area (Å²) in [5, 5.41) is 15.7. The lowest BCUT2D eigenvalue weighted by Crippen LogP contribution is -2.13. The van der Waals surface area contributed by atoms with Crippen molar-refractivity contribution in [1.29, 1.82) is 0 Å². The van der Waals surface area contributed by atoms with E-state index in [1.54, 1.807) is 6.07 Å². The van der Waals surface area contributed by atoms with E-state index in [9.17, 15) is 27.3 Å². The Labute approximate surface area is 191 Å². The molecule has 0 aromatic heterocycles. The van der Waals surface area contributed by atoms with Crippen molar-refractivity contribution >= 4 is 44.9 Å². The maximum absolute atomic E-state index is 12.6. The number of benzene rings is 3. The van der Waals surface area contributed by atoms with Crippen LogP contribution in [0.25, 0.3) is 0 Å². The van der Waals surface area contributed by atoms with Gasteiger partial charge in [-0.25, -0.2) is 8.42 Å². The zero-order chi connectivity index (χ0) is 24.0. The van der Waals surface area contributed by atoms with Gasteiger partial charge >= 0.3 is 6.61 Å². The fourth-order valence-corrected chi connectivity index (χ4v) is 3.82. The first-order valence-corrected chi connectivity index (χ1v) is 10.9. The molecule has 172 valence electrons. The lowest BCUT2D eigenvalue weighted by Gasteiger charge is -2.10. The van der Waals surface area contributed by atoms with Crippen LogP contribution in [0.4, 0.5) is 25.8 Å². The number of para-hydroxylation sites is 1. The van der Waals surface area contributed by atoms with Crippen molar-refractivity contribution in [2.75, 3.05) is 10.1 Å². The Morgan fingerprint density at radius 3 is 2.45 bits per heavy atom. The first kappa shape index (κ1) is 23.9. The largest absolute Gasteiger partial charge is 0.434 e. The summed E-state index contributed by atoms with van der Waals surface area (Å²) >= 11 is 5.77. The van der Waals surface area contributed by atoms with Gasteiger partial charge in [-0.3, -0.25) is 20.3 Å². The minimum atomic E-state index is -4.13. The summed E-state index contributed by atoms with van der Waals surface area (Å²) in [6.07, 6.45) is 1.13. The molecule has 0 fully saturated rings. The third-order valence-corrected chi connectivity index (χ3v) is 5.73. The van der Waals surface area contributed by atoms with Gasteiger partial charge in [-0.15, -0.1) is 0 Å². The van der Waals surface area contributed by atoms with E-state index >= 15 is 0 Å². The zero-order valence-corrected chi connectivity index (χ0v) is 18.1. The number of hydrogen-bond acceptors (Lipinski definition) is 7. The number of nitrogens with one attached hydrogen (secondary N) is 2. The lowest BCUT2D eigenvalue weighted by molar-refractivity contribution is -0.384.